The van der Waals surface area contributed by atoms with Crippen LogP contribution in [0, 0.1) is 27.7 Å². The second-order valence-electron chi connectivity index (χ2n) is 4.60. The van der Waals surface area contributed by atoms with Crippen LogP contribution in [0.2, 0.25) is 0 Å². The molecule has 0 amide bonds. The van der Waals surface area contributed by atoms with Crippen molar-refractivity contribution in [3.63, 3.8) is 0 Å². The summed E-state index contributed by atoms with van der Waals surface area (Å²) in [6, 6.07) is 0. The van der Waals surface area contributed by atoms with E-state index in [0.717, 1.165) is 33.4 Å². The maximum atomic E-state index is 10.9. The first kappa shape index (κ1) is 14.2. The maximum absolute atomic E-state index is 10.9. The molecule has 0 unspecified atom stereocenters. The fourth-order valence-electron chi connectivity index (χ4n) is 2.30. The number of carbonyl (C=O) groups is 2. The first-order valence-corrected chi connectivity index (χ1v) is 5.77. The van der Waals surface area contributed by atoms with Crippen LogP contribution in [0.1, 0.15) is 33.4 Å². The lowest BCUT2D eigenvalue weighted by Gasteiger charge is -2.18. The fourth-order valence-corrected chi connectivity index (χ4v) is 2.30. The fraction of sp³-hybridized carbons (Fsp3) is 0.429. The van der Waals surface area contributed by atoms with E-state index in [1.165, 1.54) is 0 Å². The zero-order valence-corrected chi connectivity index (χ0v) is 11.1. The molecule has 0 aliphatic rings. The van der Waals surface area contributed by atoms with Gasteiger partial charge in [0.05, 0.1) is 12.8 Å². The minimum atomic E-state index is -0.869. The van der Waals surface area contributed by atoms with Gasteiger partial charge in [0.2, 0.25) is 0 Å². The molecule has 1 rings (SSSR count). The molecule has 18 heavy (non-hydrogen) atoms. The van der Waals surface area contributed by atoms with Crippen LogP contribution in [0.5, 0.6) is 0 Å². The molecule has 0 aromatic heterocycles. The van der Waals surface area contributed by atoms with Crippen molar-refractivity contribution in [2.75, 3.05) is 0 Å². The SMILES string of the molecule is Cc1c(C)c(CC(=O)O)c(C)c(C)c1CC(=O)O. The molecule has 0 aliphatic heterocycles. The normalized spacial score (nSPS) is 10.4. The zero-order valence-electron chi connectivity index (χ0n) is 11.1. The van der Waals surface area contributed by atoms with Crippen molar-refractivity contribution in [3.05, 3.63) is 33.4 Å². The quantitative estimate of drug-likeness (QED) is 0.858. The van der Waals surface area contributed by atoms with Crippen LogP contribution in [0.3, 0.4) is 0 Å². The Bertz CT molecular complexity index is 439. The first-order chi connectivity index (χ1) is 8.25. The Morgan fingerprint density at radius 2 is 0.944 bits per heavy atom. The summed E-state index contributed by atoms with van der Waals surface area (Å²) >= 11 is 0. The van der Waals surface area contributed by atoms with Crippen LogP contribution in [0.4, 0.5) is 0 Å². The maximum Gasteiger partial charge on any atom is 0.307 e. The summed E-state index contributed by atoms with van der Waals surface area (Å²) in [5.74, 6) is -1.74. The highest BCUT2D eigenvalue weighted by Gasteiger charge is 2.17. The second-order valence-corrected chi connectivity index (χ2v) is 4.60. The van der Waals surface area contributed by atoms with Crippen LogP contribution in [0.25, 0.3) is 0 Å². The molecule has 4 nitrogen and oxygen atoms in total. The molecule has 0 fully saturated rings. The van der Waals surface area contributed by atoms with E-state index in [2.05, 4.69) is 0 Å². The molecule has 0 aliphatic carbocycles. The van der Waals surface area contributed by atoms with Crippen molar-refractivity contribution in [2.45, 2.75) is 40.5 Å². The van der Waals surface area contributed by atoms with Gasteiger partial charge in [0.25, 0.3) is 0 Å². The number of aliphatic carboxylic acids is 2. The molecular formula is C14H18O4. The van der Waals surface area contributed by atoms with Crippen molar-refractivity contribution in [1.82, 2.24) is 0 Å². The van der Waals surface area contributed by atoms with Crippen LogP contribution in [-0.2, 0) is 22.4 Å². The molecule has 0 spiro atoms. The lowest BCUT2D eigenvalue weighted by molar-refractivity contribution is -0.137. The first-order valence-electron chi connectivity index (χ1n) is 5.77. The molecule has 1 aromatic rings. The number of carboxylic acid groups (broad SMARTS) is 2. The van der Waals surface area contributed by atoms with Gasteiger partial charge in [-0.3, -0.25) is 9.59 Å². The number of benzene rings is 1. The number of hydrogen-bond acceptors (Lipinski definition) is 2. The second kappa shape index (κ2) is 5.21. The Labute approximate surface area is 106 Å². The van der Waals surface area contributed by atoms with E-state index in [9.17, 15) is 9.59 Å². The van der Waals surface area contributed by atoms with Gasteiger partial charge in [-0.1, -0.05) is 0 Å². The van der Waals surface area contributed by atoms with Crippen molar-refractivity contribution >= 4 is 11.9 Å². The van der Waals surface area contributed by atoms with Gasteiger partial charge in [-0.05, 0) is 61.1 Å². The minimum Gasteiger partial charge on any atom is -0.481 e. The Balaban J connectivity index is 3.44. The van der Waals surface area contributed by atoms with Gasteiger partial charge in [0.1, 0.15) is 0 Å². The third-order valence-corrected chi connectivity index (χ3v) is 3.59. The van der Waals surface area contributed by atoms with Gasteiger partial charge in [-0.15, -0.1) is 0 Å². The van der Waals surface area contributed by atoms with Crippen LogP contribution in [0.15, 0.2) is 0 Å². The van der Waals surface area contributed by atoms with E-state index in [1.54, 1.807) is 0 Å². The third-order valence-electron chi connectivity index (χ3n) is 3.59. The lowest BCUT2D eigenvalue weighted by atomic mass is 9.86. The number of rotatable bonds is 4. The lowest BCUT2D eigenvalue weighted by Crippen LogP contribution is -2.12. The van der Waals surface area contributed by atoms with E-state index in [-0.39, 0.29) is 12.8 Å². The van der Waals surface area contributed by atoms with Gasteiger partial charge in [0.15, 0.2) is 0 Å². The van der Waals surface area contributed by atoms with Gasteiger partial charge in [-0.2, -0.15) is 0 Å². The van der Waals surface area contributed by atoms with Gasteiger partial charge >= 0.3 is 11.9 Å². The van der Waals surface area contributed by atoms with E-state index < -0.39 is 11.9 Å². The highest BCUT2D eigenvalue weighted by atomic mass is 16.4. The molecule has 0 saturated carbocycles. The highest BCUT2D eigenvalue weighted by molar-refractivity contribution is 5.75. The monoisotopic (exact) mass is 250 g/mol. The van der Waals surface area contributed by atoms with Crippen LogP contribution >= 0.6 is 0 Å². The number of hydrogen-bond donors (Lipinski definition) is 2. The largest absolute Gasteiger partial charge is 0.481 e. The van der Waals surface area contributed by atoms with Gasteiger partial charge in [-0.25, -0.2) is 0 Å². The Kier molecular flexibility index (Phi) is 4.11. The summed E-state index contributed by atoms with van der Waals surface area (Å²) in [5, 5.41) is 17.8. The van der Waals surface area contributed by atoms with E-state index in [0.29, 0.717) is 0 Å². The zero-order chi connectivity index (χ0) is 14.0. The molecule has 0 atom stereocenters. The van der Waals surface area contributed by atoms with E-state index in [1.807, 2.05) is 27.7 Å². The smallest absolute Gasteiger partial charge is 0.307 e. The predicted molar refractivity (Wildman–Crippen MR) is 68.1 cm³/mol. The molecule has 98 valence electrons. The molecule has 4 heteroatoms. The Morgan fingerprint density at radius 3 is 1.11 bits per heavy atom. The van der Waals surface area contributed by atoms with E-state index >= 15 is 0 Å². The summed E-state index contributed by atoms with van der Waals surface area (Å²) in [5.41, 5.74) is 5.14. The molecule has 0 radical (unpaired) electrons. The highest BCUT2D eigenvalue weighted by Crippen LogP contribution is 2.27. The van der Waals surface area contributed by atoms with Crippen molar-refractivity contribution < 1.29 is 19.8 Å². The third kappa shape index (κ3) is 2.70. The average molecular weight is 250 g/mol. The van der Waals surface area contributed by atoms with Gasteiger partial charge < -0.3 is 10.2 Å². The van der Waals surface area contributed by atoms with Crippen molar-refractivity contribution in [1.29, 1.82) is 0 Å². The predicted octanol–water partition coefficient (Wildman–Crippen LogP) is 2.17. The van der Waals surface area contributed by atoms with Crippen molar-refractivity contribution in [2.24, 2.45) is 0 Å². The molecule has 0 heterocycles. The molecular weight excluding hydrogens is 232 g/mol. The molecule has 1 aromatic carbocycles. The standard InChI is InChI=1S/C14H18O4/c1-7-8(2)12(6-14(17)18)10(4)9(3)11(7)5-13(15)16/h5-6H2,1-4H3,(H,15,16)(H,17,18). The van der Waals surface area contributed by atoms with Gasteiger partial charge in [0, 0.05) is 0 Å². The Hall–Kier alpha value is -1.84. The topological polar surface area (TPSA) is 74.6 Å². The minimum absolute atomic E-state index is 0.0211. The van der Waals surface area contributed by atoms with E-state index in [4.69, 9.17) is 10.2 Å². The average Bonchev–Trinajstić information content (AvgIpc) is 2.27. The molecule has 0 saturated heterocycles. The molecule has 2 N–H and O–H groups in total. The summed E-state index contributed by atoms with van der Waals surface area (Å²) in [6.45, 7) is 7.41. The van der Waals surface area contributed by atoms with Crippen LogP contribution < -0.4 is 0 Å². The summed E-state index contributed by atoms with van der Waals surface area (Å²) in [4.78, 5) is 21.7. The summed E-state index contributed by atoms with van der Waals surface area (Å²) in [6.07, 6.45) is -0.0423. The van der Waals surface area contributed by atoms with Crippen LogP contribution in [-0.4, -0.2) is 22.2 Å². The summed E-state index contributed by atoms with van der Waals surface area (Å²) < 4.78 is 0. The number of carboxylic acids is 2. The van der Waals surface area contributed by atoms with Crippen molar-refractivity contribution in [3.8, 4) is 0 Å². The summed E-state index contributed by atoms with van der Waals surface area (Å²) in [7, 11) is 0. The molecule has 0 bridgehead atoms. The Morgan fingerprint density at radius 1 is 0.722 bits per heavy atom.